The number of hydrogen-bond acceptors (Lipinski definition) is 4. The Labute approximate surface area is 197 Å². The third kappa shape index (κ3) is 5.99. The fourth-order valence-corrected chi connectivity index (χ4v) is 4.59. The number of ether oxygens (including phenoxy) is 1. The van der Waals surface area contributed by atoms with Gasteiger partial charge in [0.2, 0.25) is 0 Å². The van der Waals surface area contributed by atoms with E-state index in [9.17, 15) is 4.79 Å². The number of rotatable bonds is 8. The molecule has 1 saturated heterocycles. The number of carbonyl (C=O) groups is 1. The number of aryl methyl sites for hydroxylation is 1. The minimum absolute atomic E-state index is 0.0126. The number of pyridine rings is 1. The van der Waals surface area contributed by atoms with E-state index in [1.807, 2.05) is 47.5 Å². The molecule has 0 aliphatic carbocycles. The summed E-state index contributed by atoms with van der Waals surface area (Å²) in [7, 11) is 1.61. The number of aromatic nitrogens is 1. The van der Waals surface area contributed by atoms with Crippen LogP contribution in [0.3, 0.4) is 0 Å². The van der Waals surface area contributed by atoms with Gasteiger partial charge in [-0.15, -0.1) is 0 Å². The number of para-hydroxylation sites is 1. The number of amides is 1. The van der Waals surface area contributed by atoms with Gasteiger partial charge in [-0.2, -0.15) is 0 Å². The van der Waals surface area contributed by atoms with Gasteiger partial charge in [0.25, 0.3) is 5.91 Å². The number of nitrogens with zero attached hydrogens (tertiary/aromatic N) is 3. The first-order chi connectivity index (χ1) is 16.1. The lowest BCUT2D eigenvalue weighted by Crippen LogP contribution is -2.40. The maximum atomic E-state index is 13.6. The van der Waals surface area contributed by atoms with E-state index in [0.717, 1.165) is 44.6 Å². The van der Waals surface area contributed by atoms with Crippen molar-refractivity contribution in [1.29, 1.82) is 0 Å². The van der Waals surface area contributed by atoms with E-state index in [2.05, 4.69) is 41.1 Å². The lowest BCUT2D eigenvalue weighted by atomic mass is 9.95. The van der Waals surface area contributed by atoms with E-state index < -0.39 is 0 Å². The number of carbonyl (C=O) groups excluding carboxylic acids is 1. The van der Waals surface area contributed by atoms with Crippen LogP contribution < -0.4 is 4.74 Å². The number of likely N-dealkylation sites (tertiary alicyclic amines) is 1. The molecule has 2 aromatic carbocycles. The van der Waals surface area contributed by atoms with E-state index >= 15 is 0 Å². The molecule has 5 heteroatoms. The van der Waals surface area contributed by atoms with Gasteiger partial charge in [-0.1, -0.05) is 42.5 Å². The third-order valence-corrected chi connectivity index (χ3v) is 6.56. The molecule has 1 aliphatic heterocycles. The second kappa shape index (κ2) is 11.1. The van der Waals surface area contributed by atoms with Gasteiger partial charge in [-0.3, -0.25) is 14.7 Å². The summed E-state index contributed by atoms with van der Waals surface area (Å²) in [5, 5.41) is 0. The van der Waals surface area contributed by atoms with Crippen molar-refractivity contribution in [3.63, 3.8) is 0 Å². The molecule has 1 aromatic heterocycles. The molecule has 1 amide bonds. The normalized spacial score (nSPS) is 14.7. The van der Waals surface area contributed by atoms with Gasteiger partial charge >= 0.3 is 0 Å². The highest BCUT2D eigenvalue weighted by Gasteiger charge is 2.26. The Balaban J connectivity index is 1.43. The smallest absolute Gasteiger partial charge is 0.257 e. The van der Waals surface area contributed by atoms with Gasteiger partial charge in [-0.25, -0.2) is 0 Å². The fraction of sp³-hybridized carbons (Fsp3) is 0.357. The zero-order valence-corrected chi connectivity index (χ0v) is 19.6. The molecule has 1 aliphatic rings. The molecule has 0 spiro atoms. The summed E-state index contributed by atoms with van der Waals surface area (Å²) in [6.07, 6.45) is 5.79. The Hall–Kier alpha value is -3.18. The van der Waals surface area contributed by atoms with E-state index in [1.165, 1.54) is 11.1 Å². The van der Waals surface area contributed by atoms with Crippen molar-refractivity contribution in [2.75, 3.05) is 26.7 Å². The second-order valence-corrected chi connectivity index (χ2v) is 8.89. The quantitative estimate of drug-likeness (QED) is 0.494. The number of piperidine rings is 1. The highest BCUT2D eigenvalue weighted by molar-refractivity contribution is 5.96. The molecule has 0 radical (unpaired) electrons. The summed E-state index contributed by atoms with van der Waals surface area (Å²) in [4.78, 5) is 22.3. The van der Waals surface area contributed by atoms with Crippen molar-refractivity contribution < 1.29 is 9.53 Å². The van der Waals surface area contributed by atoms with Gasteiger partial charge < -0.3 is 9.64 Å². The number of hydrogen-bond donors (Lipinski definition) is 0. The minimum atomic E-state index is 0.0126. The molecule has 0 saturated carbocycles. The van der Waals surface area contributed by atoms with Crippen LogP contribution in [-0.2, 0) is 13.1 Å². The standard InChI is InChI=1S/C28H33N3O2/c1-22-8-3-4-10-25(22)21-30-16-13-23(14-17-30)19-31(20-24-9-7-15-29-18-24)28(32)26-11-5-6-12-27(26)33-2/h3-12,15,18,23H,13-14,16-17,19-21H2,1-2H3. The molecule has 0 atom stereocenters. The van der Waals surface area contributed by atoms with E-state index in [-0.39, 0.29) is 5.91 Å². The Bertz CT molecular complexity index is 1050. The SMILES string of the molecule is COc1ccccc1C(=O)N(Cc1cccnc1)CC1CCN(Cc2ccccc2C)CC1. The Morgan fingerprint density at radius 1 is 1.06 bits per heavy atom. The molecule has 0 unspecified atom stereocenters. The summed E-state index contributed by atoms with van der Waals surface area (Å²) in [6, 6.07) is 20.1. The average molecular weight is 444 g/mol. The van der Waals surface area contributed by atoms with Crippen LogP contribution in [0.5, 0.6) is 5.75 Å². The van der Waals surface area contributed by atoms with E-state index in [4.69, 9.17) is 4.74 Å². The third-order valence-electron chi connectivity index (χ3n) is 6.56. The monoisotopic (exact) mass is 443 g/mol. The summed E-state index contributed by atoms with van der Waals surface area (Å²) in [5.74, 6) is 1.11. The lowest BCUT2D eigenvalue weighted by molar-refractivity contribution is 0.0668. The Morgan fingerprint density at radius 2 is 1.82 bits per heavy atom. The first-order valence-corrected chi connectivity index (χ1v) is 11.7. The predicted octanol–water partition coefficient (Wildman–Crippen LogP) is 4.95. The minimum Gasteiger partial charge on any atom is -0.496 e. The topological polar surface area (TPSA) is 45.7 Å². The van der Waals surface area contributed by atoms with Gasteiger partial charge in [0.1, 0.15) is 5.75 Å². The van der Waals surface area contributed by atoms with Crippen LogP contribution in [0.1, 0.15) is 39.9 Å². The maximum Gasteiger partial charge on any atom is 0.257 e. The fourth-order valence-electron chi connectivity index (χ4n) is 4.59. The molecular formula is C28H33N3O2. The van der Waals surface area contributed by atoms with Crippen LogP contribution in [0.2, 0.25) is 0 Å². The largest absolute Gasteiger partial charge is 0.496 e. The van der Waals surface area contributed by atoms with Gasteiger partial charge in [0.05, 0.1) is 12.7 Å². The van der Waals surface area contributed by atoms with Crippen molar-refractivity contribution in [3.05, 3.63) is 95.3 Å². The first-order valence-electron chi connectivity index (χ1n) is 11.7. The molecule has 3 aromatic rings. The van der Waals surface area contributed by atoms with E-state index in [0.29, 0.717) is 23.8 Å². The molecular weight excluding hydrogens is 410 g/mol. The zero-order chi connectivity index (χ0) is 23.0. The van der Waals surface area contributed by atoms with Gasteiger partial charge in [0, 0.05) is 32.0 Å². The zero-order valence-electron chi connectivity index (χ0n) is 19.6. The summed E-state index contributed by atoms with van der Waals surface area (Å²) in [5.41, 5.74) is 4.41. The molecule has 4 rings (SSSR count). The number of benzene rings is 2. The van der Waals surface area contributed by atoms with Gasteiger partial charge in [-0.05, 0) is 73.7 Å². The Kier molecular flexibility index (Phi) is 7.74. The summed E-state index contributed by atoms with van der Waals surface area (Å²) in [6.45, 7) is 6.59. The van der Waals surface area contributed by atoms with Gasteiger partial charge in [0.15, 0.2) is 0 Å². The van der Waals surface area contributed by atoms with Crippen LogP contribution in [0.15, 0.2) is 73.1 Å². The highest BCUT2D eigenvalue weighted by atomic mass is 16.5. The molecule has 2 heterocycles. The molecule has 1 fully saturated rings. The van der Waals surface area contributed by atoms with Crippen LogP contribution in [-0.4, -0.2) is 47.4 Å². The molecule has 0 N–H and O–H groups in total. The summed E-state index contributed by atoms with van der Waals surface area (Å²) < 4.78 is 5.47. The first kappa shape index (κ1) is 23.0. The van der Waals surface area contributed by atoms with Crippen LogP contribution in [0.25, 0.3) is 0 Å². The highest BCUT2D eigenvalue weighted by Crippen LogP contribution is 2.25. The number of methoxy groups -OCH3 is 1. The molecule has 0 bridgehead atoms. The van der Waals surface area contributed by atoms with Crippen LogP contribution in [0, 0.1) is 12.8 Å². The van der Waals surface area contributed by atoms with Crippen molar-refractivity contribution >= 4 is 5.91 Å². The maximum absolute atomic E-state index is 13.6. The lowest BCUT2D eigenvalue weighted by Gasteiger charge is -2.35. The molecule has 33 heavy (non-hydrogen) atoms. The van der Waals surface area contributed by atoms with Crippen LogP contribution in [0.4, 0.5) is 0 Å². The predicted molar refractivity (Wildman–Crippen MR) is 131 cm³/mol. The van der Waals surface area contributed by atoms with Crippen molar-refractivity contribution in [2.45, 2.75) is 32.9 Å². The Morgan fingerprint density at radius 3 is 2.55 bits per heavy atom. The second-order valence-electron chi connectivity index (χ2n) is 8.89. The van der Waals surface area contributed by atoms with E-state index in [1.54, 1.807) is 13.3 Å². The molecule has 172 valence electrons. The van der Waals surface area contributed by atoms with Crippen molar-refractivity contribution in [2.24, 2.45) is 5.92 Å². The van der Waals surface area contributed by atoms with Crippen molar-refractivity contribution in [1.82, 2.24) is 14.8 Å². The molecule has 5 nitrogen and oxygen atoms in total. The average Bonchev–Trinajstić information content (AvgIpc) is 2.86. The summed E-state index contributed by atoms with van der Waals surface area (Å²) >= 11 is 0. The van der Waals surface area contributed by atoms with Crippen molar-refractivity contribution in [3.8, 4) is 5.75 Å². The van der Waals surface area contributed by atoms with Crippen LogP contribution >= 0.6 is 0 Å².